The number of piperazine rings is 1. The number of carbonyl (C=O) groups excluding carboxylic acids is 1. The Labute approximate surface area is 197 Å². The molecule has 174 valence electrons. The first-order valence-corrected chi connectivity index (χ1v) is 11.1. The SMILES string of the molecule is COc1cc(C=CC2=NC(=O)C3(c4ccc(F)cc4)CN(C)CCN23)ccc1-n1cnc(C)c1. The number of aryl methyl sites for hydroxylation is 1. The summed E-state index contributed by atoms with van der Waals surface area (Å²) >= 11 is 0. The third kappa shape index (κ3) is 3.70. The molecule has 0 bridgehead atoms. The number of methoxy groups -OCH3 is 1. The van der Waals surface area contributed by atoms with Crippen LogP contribution in [-0.4, -0.2) is 64.9 Å². The average Bonchev–Trinajstić information content (AvgIpc) is 3.39. The zero-order chi connectivity index (χ0) is 23.9. The number of rotatable bonds is 5. The van der Waals surface area contributed by atoms with Crippen molar-refractivity contribution >= 4 is 17.8 Å². The van der Waals surface area contributed by atoms with Gasteiger partial charge < -0.3 is 19.1 Å². The monoisotopic (exact) mass is 459 g/mol. The minimum absolute atomic E-state index is 0.228. The van der Waals surface area contributed by atoms with Gasteiger partial charge in [0.1, 0.15) is 17.4 Å². The van der Waals surface area contributed by atoms with Crippen LogP contribution >= 0.6 is 0 Å². The number of hydrogen-bond donors (Lipinski definition) is 0. The summed E-state index contributed by atoms with van der Waals surface area (Å²) in [4.78, 5) is 26.1. The van der Waals surface area contributed by atoms with E-state index in [1.807, 2.05) is 60.0 Å². The molecule has 1 atom stereocenters. The predicted molar refractivity (Wildman–Crippen MR) is 129 cm³/mol. The van der Waals surface area contributed by atoms with Crippen LogP contribution in [0.3, 0.4) is 0 Å². The van der Waals surface area contributed by atoms with Gasteiger partial charge in [0.15, 0.2) is 5.54 Å². The molecular weight excluding hydrogens is 433 g/mol. The molecule has 5 rings (SSSR count). The lowest BCUT2D eigenvalue weighted by atomic mass is 9.85. The Morgan fingerprint density at radius 1 is 1.12 bits per heavy atom. The van der Waals surface area contributed by atoms with Crippen molar-refractivity contribution < 1.29 is 13.9 Å². The van der Waals surface area contributed by atoms with Gasteiger partial charge >= 0.3 is 0 Å². The van der Waals surface area contributed by atoms with Crippen LogP contribution in [0.25, 0.3) is 11.8 Å². The van der Waals surface area contributed by atoms with Gasteiger partial charge in [0, 0.05) is 25.8 Å². The molecule has 7 nitrogen and oxygen atoms in total. The minimum atomic E-state index is -0.943. The Balaban J connectivity index is 1.46. The number of nitrogens with zero attached hydrogens (tertiary/aromatic N) is 5. The molecule has 0 saturated carbocycles. The second kappa shape index (κ2) is 8.53. The van der Waals surface area contributed by atoms with Crippen molar-refractivity contribution in [3.05, 3.63) is 83.7 Å². The van der Waals surface area contributed by atoms with E-state index in [0.717, 1.165) is 29.1 Å². The molecule has 1 fully saturated rings. The van der Waals surface area contributed by atoms with E-state index in [0.29, 0.717) is 24.7 Å². The van der Waals surface area contributed by atoms with Crippen molar-refractivity contribution in [2.75, 3.05) is 33.8 Å². The molecule has 1 unspecified atom stereocenters. The number of aliphatic imine (C=N–C) groups is 1. The van der Waals surface area contributed by atoms with Gasteiger partial charge in [0.05, 0.1) is 24.8 Å². The van der Waals surface area contributed by atoms with Gasteiger partial charge in [0.2, 0.25) is 0 Å². The molecule has 3 heterocycles. The highest BCUT2D eigenvalue weighted by Crippen LogP contribution is 2.38. The van der Waals surface area contributed by atoms with E-state index >= 15 is 0 Å². The van der Waals surface area contributed by atoms with E-state index in [2.05, 4.69) is 14.9 Å². The van der Waals surface area contributed by atoms with Gasteiger partial charge in [-0.1, -0.05) is 24.3 Å². The van der Waals surface area contributed by atoms with Gasteiger partial charge in [-0.05, 0) is 55.4 Å². The molecule has 0 spiro atoms. The average molecular weight is 460 g/mol. The lowest BCUT2D eigenvalue weighted by Crippen LogP contribution is -2.60. The number of amidine groups is 1. The highest BCUT2D eigenvalue weighted by molar-refractivity contribution is 6.12. The van der Waals surface area contributed by atoms with Gasteiger partial charge in [0.25, 0.3) is 5.91 Å². The maximum absolute atomic E-state index is 13.6. The molecule has 2 aliphatic heterocycles. The van der Waals surface area contributed by atoms with E-state index in [-0.39, 0.29) is 11.7 Å². The van der Waals surface area contributed by atoms with Gasteiger partial charge in [-0.3, -0.25) is 4.79 Å². The number of amides is 1. The van der Waals surface area contributed by atoms with Crippen LogP contribution in [0, 0.1) is 12.7 Å². The number of aromatic nitrogens is 2. The number of hydrogen-bond acceptors (Lipinski definition) is 5. The highest BCUT2D eigenvalue weighted by atomic mass is 19.1. The van der Waals surface area contributed by atoms with Gasteiger partial charge in [-0.2, -0.15) is 4.99 Å². The zero-order valence-electron chi connectivity index (χ0n) is 19.4. The van der Waals surface area contributed by atoms with Crippen molar-refractivity contribution in [1.82, 2.24) is 19.4 Å². The maximum atomic E-state index is 13.6. The number of halogens is 1. The van der Waals surface area contributed by atoms with Crippen molar-refractivity contribution in [3.63, 3.8) is 0 Å². The lowest BCUT2D eigenvalue weighted by molar-refractivity contribution is -0.128. The van der Waals surface area contributed by atoms with Crippen LogP contribution in [0.2, 0.25) is 0 Å². The molecule has 1 amide bonds. The van der Waals surface area contributed by atoms with Crippen LogP contribution in [0.1, 0.15) is 16.8 Å². The fourth-order valence-corrected chi connectivity index (χ4v) is 4.73. The molecule has 1 saturated heterocycles. The van der Waals surface area contributed by atoms with Crippen molar-refractivity contribution in [1.29, 1.82) is 0 Å². The topological polar surface area (TPSA) is 63.0 Å². The second-order valence-electron chi connectivity index (χ2n) is 8.72. The van der Waals surface area contributed by atoms with Crippen molar-refractivity contribution in [3.8, 4) is 11.4 Å². The number of fused-ring (bicyclic) bond motifs is 1. The second-order valence-corrected chi connectivity index (χ2v) is 8.72. The standard InChI is InChI=1S/C26H26FN5O2/c1-18-15-31(17-28-18)22-10-4-19(14-23(22)34-3)5-11-24-29-25(33)26(16-30(2)12-13-32(24)26)20-6-8-21(27)9-7-20/h4-11,14-15,17H,12-13,16H2,1-3H3. The number of imidazole rings is 1. The highest BCUT2D eigenvalue weighted by Gasteiger charge is 2.53. The van der Waals surface area contributed by atoms with Gasteiger partial charge in [-0.15, -0.1) is 0 Å². The van der Waals surface area contributed by atoms with Crippen molar-refractivity contribution in [2.24, 2.45) is 4.99 Å². The first kappa shape index (κ1) is 22.0. The fourth-order valence-electron chi connectivity index (χ4n) is 4.73. The molecule has 1 aromatic heterocycles. The number of ether oxygens (including phenoxy) is 1. The van der Waals surface area contributed by atoms with E-state index in [9.17, 15) is 9.18 Å². The summed E-state index contributed by atoms with van der Waals surface area (Å²) in [5, 5.41) is 0. The smallest absolute Gasteiger partial charge is 0.279 e. The fraction of sp³-hybridized carbons (Fsp3) is 0.269. The summed E-state index contributed by atoms with van der Waals surface area (Å²) in [7, 11) is 3.62. The molecule has 2 aromatic carbocycles. The van der Waals surface area contributed by atoms with E-state index in [1.54, 1.807) is 25.6 Å². The normalized spacial score (nSPS) is 20.6. The van der Waals surface area contributed by atoms with E-state index in [1.165, 1.54) is 12.1 Å². The number of carbonyl (C=O) groups is 1. The zero-order valence-corrected chi connectivity index (χ0v) is 19.4. The summed E-state index contributed by atoms with van der Waals surface area (Å²) < 4.78 is 21.1. The van der Waals surface area contributed by atoms with E-state index in [4.69, 9.17) is 4.74 Å². The molecule has 0 aliphatic carbocycles. The Morgan fingerprint density at radius 2 is 1.91 bits per heavy atom. The summed E-state index contributed by atoms with van der Waals surface area (Å²) in [5.74, 6) is 0.763. The summed E-state index contributed by atoms with van der Waals surface area (Å²) in [6, 6.07) is 12.1. The number of likely N-dealkylation sites (N-methyl/N-ethyl adjacent to an activating group) is 1. The summed E-state index contributed by atoms with van der Waals surface area (Å²) in [6.45, 7) is 3.88. The van der Waals surface area contributed by atoms with E-state index < -0.39 is 5.54 Å². The van der Waals surface area contributed by atoms with Crippen LogP contribution in [0.5, 0.6) is 5.75 Å². The third-order valence-corrected chi connectivity index (χ3v) is 6.45. The molecule has 0 radical (unpaired) electrons. The van der Waals surface area contributed by atoms with Crippen LogP contribution in [0.15, 0.2) is 66.1 Å². The maximum Gasteiger partial charge on any atom is 0.279 e. The minimum Gasteiger partial charge on any atom is -0.495 e. The Hall–Kier alpha value is -3.78. The molecule has 8 heteroatoms. The predicted octanol–water partition coefficient (Wildman–Crippen LogP) is 3.42. The Bertz CT molecular complexity index is 1300. The first-order valence-electron chi connectivity index (χ1n) is 11.1. The Morgan fingerprint density at radius 3 is 2.62 bits per heavy atom. The summed E-state index contributed by atoms with van der Waals surface area (Å²) in [5.41, 5.74) is 2.54. The largest absolute Gasteiger partial charge is 0.495 e. The first-order chi connectivity index (χ1) is 16.4. The molecule has 0 N–H and O–H groups in total. The molecule has 3 aromatic rings. The lowest BCUT2D eigenvalue weighted by Gasteiger charge is -2.45. The van der Waals surface area contributed by atoms with Crippen LogP contribution < -0.4 is 4.74 Å². The van der Waals surface area contributed by atoms with Gasteiger partial charge in [-0.25, -0.2) is 9.37 Å². The molecule has 2 aliphatic rings. The summed E-state index contributed by atoms with van der Waals surface area (Å²) in [6.07, 6.45) is 7.49. The third-order valence-electron chi connectivity index (χ3n) is 6.45. The molecular formula is C26H26FN5O2. The van der Waals surface area contributed by atoms with Crippen LogP contribution in [0.4, 0.5) is 4.39 Å². The van der Waals surface area contributed by atoms with Crippen molar-refractivity contribution in [2.45, 2.75) is 12.5 Å². The Kier molecular flexibility index (Phi) is 5.53. The van der Waals surface area contributed by atoms with Crippen LogP contribution in [-0.2, 0) is 10.3 Å². The quantitative estimate of drug-likeness (QED) is 0.585. The molecule has 34 heavy (non-hydrogen) atoms. The number of benzene rings is 2.